The Kier molecular flexibility index (Phi) is 4.32. The summed E-state index contributed by atoms with van der Waals surface area (Å²) >= 11 is 4.06. The van der Waals surface area contributed by atoms with Gasteiger partial charge in [-0.3, -0.25) is 4.79 Å². The first-order valence-electron chi connectivity index (χ1n) is 2.11. The molecule has 0 saturated heterocycles. The van der Waals surface area contributed by atoms with E-state index in [2.05, 4.69) is 0 Å². The molecule has 0 aliphatic carbocycles. The summed E-state index contributed by atoms with van der Waals surface area (Å²) in [6, 6.07) is 0. The molecule has 0 spiro atoms. The highest BCUT2D eigenvalue weighted by atomic mass is 35.5. The summed E-state index contributed by atoms with van der Waals surface area (Å²) in [4.78, 5) is 9.98. The van der Waals surface area contributed by atoms with Crippen molar-refractivity contribution < 1.29 is 9.35 Å². The Bertz CT molecular complexity index is 84.1. The molecule has 0 heterocycles. The van der Waals surface area contributed by atoms with Crippen LogP contribution >= 0.6 is 11.6 Å². The molecule has 0 radical (unpaired) electrons. The smallest absolute Gasteiger partial charge is 0.226 e. The molecule has 0 fully saturated rings. The van der Waals surface area contributed by atoms with Crippen LogP contribution in [0.4, 0.5) is 0 Å². The van der Waals surface area contributed by atoms with Crippen molar-refractivity contribution in [3.8, 4) is 0 Å². The van der Waals surface area contributed by atoms with Crippen molar-refractivity contribution in [3.05, 3.63) is 0 Å². The van der Waals surface area contributed by atoms with Crippen LogP contribution < -0.4 is 0 Å². The van der Waals surface area contributed by atoms with Gasteiger partial charge in [-0.1, -0.05) is 11.2 Å². The highest BCUT2D eigenvalue weighted by molar-refractivity contribution is 7.90. The minimum Gasteiger partial charge on any atom is -0.617 e. The predicted molar refractivity (Wildman–Crippen MR) is 34.4 cm³/mol. The Morgan fingerprint density at radius 2 is 2.38 bits per heavy atom. The lowest BCUT2D eigenvalue weighted by molar-refractivity contribution is -0.111. The largest absolute Gasteiger partial charge is 0.617 e. The molecule has 8 heavy (non-hydrogen) atoms. The van der Waals surface area contributed by atoms with Gasteiger partial charge in [0.2, 0.25) is 5.24 Å². The number of hydrogen-bond acceptors (Lipinski definition) is 2. The molecular formula is C4H7ClO2S. The minimum atomic E-state index is -0.891. The maximum atomic E-state index is 10.2. The van der Waals surface area contributed by atoms with Gasteiger partial charge in [0.15, 0.2) is 0 Å². The predicted octanol–water partition coefficient (Wildman–Crippen LogP) is 0.520. The third-order valence-electron chi connectivity index (χ3n) is 0.586. The van der Waals surface area contributed by atoms with Crippen LogP contribution in [0.15, 0.2) is 0 Å². The Labute approximate surface area is 56.4 Å². The van der Waals surface area contributed by atoms with Crippen LogP contribution in [-0.2, 0) is 16.0 Å². The van der Waals surface area contributed by atoms with E-state index in [1.807, 2.05) is 0 Å². The Hall–Kier alpha value is 0.270. The normalized spacial score (nSPS) is 13.4. The van der Waals surface area contributed by atoms with Crippen molar-refractivity contribution in [1.29, 1.82) is 0 Å². The van der Waals surface area contributed by atoms with Crippen LogP contribution in [-0.4, -0.2) is 21.8 Å². The van der Waals surface area contributed by atoms with Gasteiger partial charge < -0.3 is 4.55 Å². The number of carbonyl (C=O) groups is 1. The molecule has 0 aromatic rings. The van der Waals surface area contributed by atoms with Gasteiger partial charge in [0.25, 0.3) is 0 Å². The molecule has 48 valence electrons. The Morgan fingerprint density at radius 1 is 1.88 bits per heavy atom. The number of carbonyl (C=O) groups excluding carboxylic acids is 1. The molecule has 0 bridgehead atoms. The fourth-order valence-electron chi connectivity index (χ4n) is 0.224. The maximum absolute atomic E-state index is 10.2. The number of halogens is 1. The number of hydrogen-bond donors (Lipinski definition) is 0. The first kappa shape index (κ1) is 8.27. The zero-order chi connectivity index (χ0) is 6.57. The van der Waals surface area contributed by atoms with E-state index in [0.29, 0.717) is 5.75 Å². The summed E-state index contributed by atoms with van der Waals surface area (Å²) in [6.07, 6.45) is 1.75. The summed E-state index contributed by atoms with van der Waals surface area (Å²) in [5, 5.41) is -0.416. The summed E-state index contributed by atoms with van der Waals surface area (Å²) in [6.45, 7) is 0. The second kappa shape index (κ2) is 4.18. The highest BCUT2D eigenvalue weighted by Gasteiger charge is 2.00. The van der Waals surface area contributed by atoms with Gasteiger partial charge in [0.05, 0.1) is 12.7 Å². The van der Waals surface area contributed by atoms with E-state index in [4.69, 9.17) is 11.6 Å². The van der Waals surface area contributed by atoms with Crippen LogP contribution in [0.25, 0.3) is 0 Å². The van der Waals surface area contributed by atoms with Crippen LogP contribution in [0.1, 0.15) is 6.42 Å². The lowest BCUT2D eigenvalue weighted by atomic mass is 10.6. The zero-order valence-corrected chi connectivity index (χ0v) is 6.09. The van der Waals surface area contributed by atoms with Crippen molar-refractivity contribution >= 4 is 28.0 Å². The fourth-order valence-corrected chi connectivity index (χ4v) is 0.903. The summed E-state index contributed by atoms with van der Waals surface area (Å²) in [7, 11) is 0. The molecule has 0 aromatic heterocycles. The lowest BCUT2D eigenvalue weighted by Gasteiger charge is -1.99. The standard InChI is InChI=1S/C4H7ClO2S/c1-8(7)3-2-4(5)6/h2-3H2,1H3. The second-order valence-electron chi connectivity index (χ2n) is 1.38. The topological polar surface area (TPSA) is 40.1 Å². The molecule has 0 aliphatic heterocycles. The molecular weight excluding hydrogens is 148 g/mol. The van der Waals surface area contributed by atoms with Crippen LogP contribution in [0.2, 0.25) is 0 Å². The van der Waals surface area contributed by atoms with E-state index in [1.54, 1.807) is 6.26 Å². The quantitative estimate of drug-likeness (QED) is 0.439. The van der Waals surface area contributed by atoms with Gasteiger partial charge in [0.1, 0.15) is 5.75 Å². The first-order valence-corrected chi connectivity index (χ1v) is 4.22. The van der Waals surface area contributed by atoms with Gasteiger partial charge in [0, 0.05) is 0 Å². The lowest BCUT2D eigenvalue weighted by Crippen LogP contribution is -2.05. The van der Waals surface area contributed by atoms with E-state index in [-0.39, 0.29) is 6.42 Å². The van der Waals surface area contributed by atoms with Crippen LogP contribution in [0.3, 0.4) is 0 Å². The minimum absolute atomic E-state index is 0.213. The van der Waals surface area contributed by atoms with Gasteiger partial charge in [-0.25, -0.2) is 0 Å². The molecule has 0 N–H and O–H groups in total. The summed E-state index contributed by atoms with van der Waals surface area (Å²) in [5.74, 6) is 0.377. The van der Waals surface area contributed by atoms with Gasteiger partial charge >= 0.3 is 0 Å². The van der Waals surface area contributed by atoms with Crippen LogP contribution in [0, 0.1) is 0 Å². The second-order valence-corrected chi connectivity index (χ2v) is 3.36. The van der Waals surface area contributed by atoms with Gasteiger partial charge in [-0.05, 0) is 11.6 Å². The van der Waals surface area contributed by atoms with Gasteiger partial charge in [-0.2, -0.15) is 0 Å². The van der Waals surface area contributed by atoms with Gasteiger partial charge in [-0.15, -0.1) is 0 Å². The molecule has 1 unspecified atom stereocenters. The third-order valence-corrected chi connectivity index (χ3v) is 1.55. The molecule has 0 aliphatic rings. The molecule has 2 nitrogen and oxygen atoms in total. The Balaban J connectivity index is 3.05. The average molecular weight is 155 g/mol. The van der Waals surface area contributed by atoms with E-state index < -0.39 is 16.4 Å². The average Bonchev–Trinajstić information content (AvgIpc) is 1.61. The molecule has 0 amide bonds. The van der Waals surface area contributed by atoms with Crippen LogP contribution in [0.5, 0.6) is 0 Å². The van der Waals surface area contributed by atoms with Crippen molar-refractivity contribution in [1.82, 2.24) is 0 Å². The number of rotatable bonds is 3. The fraction of sp³-hybridized carbons (Fsp3) is 0.750. The monoisotopic (exact) mass is 154 g/mol. The highest BCUT2D eigenvalue weighted by Crippen LogP contribution is 1.92. The molecule has 1 atom stereocenters. The van der Waals surface area contributed by atoms with Crippen molar-refractivity contribution in [2.75, 3.05) is 12.0 Å². The summed E-state index contributed by atoms with van der Waals surface area (Å²) in [5.41, 5.74) is 0. The van der Waals surface area contributed by atoms with E-state index >= 15 is 0 Å². The van der Waals surface area contributed by atoms with E-state index in [1.165, 1.54) is 0 Å². The maximum Gasteiger partial charge on any atom is 0.226 e. The molecule has 4 heteroatoms. The third kappa shape index (κ3) is 6.27. The summed E-state index contributed by atoms with van der Waals surface area (Å²) < 4.78 is 10.2. The van der Waals surface area contributed by atoms with Crippen molar-refractivity contribution in [2.24, 2.45) is 0 Å². The first-order chi connectivity index (χ1) is 3.63. The molecule has 0 aromatic carbocycles. The Morgan fingerprint density at radius 3 is 2.50 bits per heavy atom. The SMILES string of the molecule is C[S+]([O-])CCC(=O)Cl. The molecule has 0 rings (SSSR count). The van der Waals surface area contributed by atoms with Crippen molar-refractivity contribution in [3.63, 3.8) is 0 Å². The van der Waals surface area contributed by atoms with E-state index in [9.17, 15) is 9.35 Å². The zero-order valence-electron chi connectivity index (χ0n) is 4.52. The van der Waals surface area contributed by atoms with Crippen molar-refractivity contribution in [2.45, 2.75) is 6.42 Å². The van der Waals surface area contributed by atoms with E-state index in [0.717, 1.165) is 0 Å². The molecule has 0 saturated carbocycles.